The zero-order valence-corrected chi connectivity index (χ0v) is 11.7. The van der Waals surface area contributed by atoms with Crippen molar-refractivity contribution in [2.45, 2.75) is 45.6 Å². The molecule has 20 heavy (non-hydrogen) atoms. The van der Waals surface area contributed by atoms with Crippen molar-refractivity contribution in [3.05, 3.63) is 12.3 Å². The summed E-state index contributed by atoms with van der Waals surface area (Å²) < 4.78 is 1.29. The number of amides is 1. The quantitative estimate of drug-likeness (QED) is 0.864. The van der Waals surface area contributed by atoms with E-state index in [-0.39, 0.29) is 12.5 Å². The van der Waals surface area contributed by atoms with Gasteiger partial charge in [0.25, 0.3) is 0 Å². The van der Waals surface area contributed by atoms with Crippen molar-refractivity contribution in [3.63, 3.8) is 0 Å². The molecule has 110 valence electrons. The molecule has 1 heterocycles. The number of carboxylic acid groups (broad SMARTS) is 1. The molecule has 1 aromatic rings. The van der Waals surface area contributed by atoms with Gasteiger partial charge in [0.15, 0.2) is 5.82 Å². The first kappa shape index (κ1) is 14.6. The smallest absolute Gasteiger partial charge is 0.325 e. The molecule has 0 spiro atoms. The number of nitrogens with one attached hydrogen (secondary N) is 1. The molecule has 1 aliphatic carbocycles. The van der Waals surface area contributed by atoms with Crippen LogP contribution in [0, 0.1) is 11.8 Å². The Morgan fingerprint density at radius 3 is 3.00 bits per heavy atom. The maximum Gasteiger partial charge on any atom is 0.325 e. The summed E-state index contributed by atoms with van der Waals surface area (Å²) in [5.41, 5.74) is 0. The lowest BCUT2D eigenvalue weighted by Crippen LogP contribution is -2.21. The first-order chi connectivity index (χ1) is 9.52. The zero-order chi connectivity index (χ0) is 14.5. The molecule has 0 aromatic carbocycles. The molecule has 1 aliphatic rings. The number of nitrogens with zero attached hydrogens (tertiary/aromatic N) is 2. The van der Waals surface area contributed by atoms with E-state index in [9.17, 15) is 9.59 Å². The van der Waals surface area contributed by atoms with Crippen LogP contribution < -0.4 is 5.32 Å². The fourth-order valence-electron chi connectivity index (χ4n) is 2.86. The zero-order valence-electron chi connectivity index (χ0n) is 11.7. The predicted molar refractivity (Wildman–Crippen MR) is 74.2 cm³/mol. The highest BCUT2D eigenvalue weighted by molar-refractivity contribution is 5.89. The van der Waals surface area contributed by atoms with Crippen LogP contribution in [0.2, 0.25) is 0 Å². The highest BCUT2D eigenvalue weighted by atomic mass is 16.4. The molecule has 1 saturated carbocycles. The van der Waals surface area contributed by atoms with Crippen molar-refractivity contribution < 1.29 is 14.7 Å². The summed E-state index contributed by atoms with van der Waals surface area (Å²) in [5, 5.41) is 15.4. The number of carbonyl (C=O) groups excluding carboxylic acids is 1. The Labute approximate surface area is 118 Å². The van der Waals surface area contributed by atoms with Crippen LogP contribution in [-0.2, 0) is 16.1 Å². The van der Waals surface area contributed by atoms with E-state index >= 15 is 0 Å². The molecule has 0 radical (unpaired) electrons. The minimum atomic E-state index is -0.956. The van der Waals surface area contributed by atoms with Crippen LogP contribution in [0.5, 0.6) is 0 Å². The Morgan fingerprint density at radius 2 is 2.30 bits per heavy atom. The third-order valence-corrected chi connectivity index (χ3v) is 3.72. The predicted octanol–water partition coefficient (Wildman–Crippen LogP) is 2.12. The van der Waals surface area contributed by atoms with Crippen LogP contribution >= 0.6 is 0 Å². The summed E-state index contributed by atoms with van der Waals surface area (Å²) in [6, 6.07) is 1.62. The van der Waals surface area contributed by atoms with E-state index in [1.165, 1.54) is 17.5 Å². The van der Waals surface area contributed by atoms with Crippen LogP contribution in [0.4, 0.5) is 5.82 Å². The van der Waals surface area contributed by atoms with Gasteiger partial charge in [-0.1, -0.05) is 19.8 Å². The number of carbonyl (C=O) groups is 2. The van der Waals surface area contributed by atoms with Gasteiger partial charge in [0.2, 0.25) is 5.91 Å². The second kappa shape index (κ2) is 6.54. The summed E-state index contributed by atoms with van der Waals surface area (Å²) >= 11 is 0. The number of hydrogen-bond donors (Lipinski definition) is 2. The summed E-state index contributed by atoms with van der Waals surface area (Å²) in [4.78, 5) is 22.5. The minimum absolute atomic E-state index is 0.0373. The molecule has 2 unspecified atom stereocenters. The van der Waals surface area contributed by atoms with Crippen molar-refractivity contribution in [2.75, 3.05) is 5.32 Å². The van der Waals surface area contributed by atoms with Crippen LogP contribution in [-0.4, -0.2) is 26.8 Å². The van der Waals surface area contributed by atoms with Gasteiger partial charge in [-0.2, -0.15) is 5.10 Å². The lowest BCUT2D eigenvalue weighted by molar-refractivity contribution is -0.137. The van der Waals surface area contributed by atoms with Gasteiger partial charge in [-0.05, 0) is 24.7 Å². The summed E-state index contributed by atoms with van der Waals surface area (Å²) in [6.07, 6.45) is 6.76. The first-order valence-electron chi connectivity index (χ1n) is 7.08. The van der Waals surface area contributed by atoms with Gasteiger partial charge in [0.05, 0.1) is 0 Å². The topological polar surface area (TPSA) is 84.2 Å². The first-order valence-corrected chi connectivity index (χ1v) is 7.08. The van der Waals surface area contributed by atoms with E-state index in [1.807, 2.05) is 0 Å². The van der Waals surface area contributed by atoms with Crippen molar-refractivity contribution in [2.24, 2.45) is 11.8 Å². The van der Waals surface area contributed by atoms with E-state index in [2.05, 4.69) is 17.3 Å². The second-order valence-corrected chi connectivity index (χ2v) is 5.68. The molecule has 1 fully saturated rings. The molecule has 6 nitrogen and oxygen atoms in total. The summed E-state index contributed by atoms with van der Waals surface area (Å²) in [7, 11) is 0. The molecule has 1 amide bonds. The number of hydrogen-bond acceptors (Lipinski definition) is 3. The molecule has 6 heteroatoms. The van der Waals surface area contributed by atoms with Crippen LogP contribution in [0.15, 0.2) is 12.3 Å². The van der Waals surface area contributed by atoms with E-state index in [1.54, 1.807) is 12.3 Å². The molecule has 2 rings (SSSR count). The second-order valence-electron chi connectivity index (χ2n) is 5.68. The van der Waals surface area contributed by atoms with Gasteiger partial charge in [-0.25, -0.2) is 0 Å². The largest absolute Gasteiger partial charge is 0.480 e. The lowest BCUT2D eigenvalue weighted by atomic mass is 9.81. The number of aliphatic carboxylic acids is 1. The van der Waals surface area contributed by atoms with E-state index in [0.29, 0.717) is 24.1 Å². The Hall–Kier alpha value is -1.85. The third kappa shape index (κ3) is 4.36. The van der Waals surface area contributed by atoms with Gasteiger partial charge >= 0.3 is 5.97 Å². The molecule has 1 aromatic heterocycles. The monoisotopic (exact) mass is 279 g/mol. The summed E-state index contributed by atoms with van der Waals surface area (Å²) in [5.74, 6) is 0.586. The fraction of sp³-hybridized carbons (Fsp3) is 0.643. The van der Waals surface area contributed by atoms with Crippen LogP contribution in [0.25, 0.3) is 0 Å². The molecule has 2 atom stereocenters. The molecular formula is C14H21N3O3. The number of anilines is 1. The Kier molecular flexibility index (Phi) is 4.76. The van der Waals surface area contributed by atoms with Crippen molar-refractivity contribution >= 4 is 17.7 Å². The molecule has 0 aliphatic heterocycles. The Morgan fingerprint density at radius 1 is 1.50 bits per heavy atom. The number of rotatable bonds is 5. The number of carboxylic acids is 1. The molecule has 0 saturated heterocycles. The third-order valence-electron chi connectivity index (χ3n) is 3.72. The van der Waals surface area contributed by atoms with Crippen molar-refractivity contribution in [3.8, 4) is 0 Å². The number of aromatic nitrogens is 2. The standard InChI is InChI=1S/C14H21N3O3/c1-10-3-2-4-11(7-10)8-13(18)15-12-5-6-17(16-12)9-14(19)20/h5-6,10-11H,2-4,7-9H2,1H3,(H,19,20)(H,15,16,18). The highest BCUT2D eigenvalue weighted by Gasteiger charge is 2.21. The molecule has 2 N–H and O–H groups in total. The van der Waals surface area contributed by atoms with Crippen molar-refractivity contribution in [1.82, 2.24) is 9.78 Å². The highest BCUT2D eigenvalue weighted by Crippen LogP contribution is 2.30. The van der Waals surface area contributed by atoms with Gasteiger partial charge in [-0.3, -0.25) is 14.3 Å². The average Bonchev–Trinajstić information content (AvgIpc) is 2.75. The van der Waals surface area contributed by atoms with Crippen molar-refractivity contribution in [1.29, 1.82) is 0 Å². The molecular weight excluding hydrogens is 258 g/mol. The summed E-state index contributed by atoms with van der Waals surface area (Å²) in [6.45, 7) is 2.04. The Balaban J connectivity index is 1.81. The maximum absolute atomic E-state index is 11.9. The minimum Gasteiger partial charge on any atom is -0.480 e. The average molecular weight is 279 g/mol. The van der Waals surface area contributed by atoms with Gasteiger partial charge in [0.1, 0.15) is 6.54 Å². The van der Waals surface area contributed by atoms with Gasteiger partial charge in [0, 0.05) is 18.7 Å². The molecule has 0 bridgehead atoms. The van der Waals surface area contributed by atoms with E-state index in [4.69, 9.17) is 5.11 Å². The maximum atomic E-state index is 11.9. The fourth-order valence-corrected chi connectivity index (χ4v) is 2.86. The van der Waals surface area contributed by atoms with Gasteiger partial charge in [-0.15, -0.1) is 0 Å². The van der Waals surface area contributed by atoms with Crippen LogP contribution in [0.3, 0.4) is 0 Å². The normalized spacial score (nSPS) is 22.4. The van der Waals surface area contributed by atoms with Crippen LogP contribution in [0.1, 0.15) is 39.0 Å². The lowest BCUT2D eigenvalue weighted by Gasteiger charge is -2.25. The van der Waals surface area contributed by atoms with E-state index in [0.717, 1.165) is 12.8 Å². The Bertz CT molecular complexity index is 484. The SMILES string of the molecule is CC1CCCC(CC(=O)Nc2ccn(CC(=O)O)n2)C1. The van der Waals surface area contributed by atoms with E-state index < -0.39 is 5.97 Å². The van der Waals surface area contributed by atoms with Gasteiger partial charge < -0.3 is 10.4 Å².